The molecule has 3 aromatic carbocycles. The minimum Gasteiger partial charge on any atom is -0.484 e. The van der Waals surface area contributed by atoms with Crippen molar-refractivity contribution >= 4 is 28.9 Å². The first kappa shape index (κ1) is 22.5. The minimum atomic E-state index is -0.542. The van der Waals surface area contributed by atoms with Crippen molar-refractivity contribution in [1.29, 1.82) is 0 Å². The Bertz CT molecular complexity index is 1160. The first-order valence-electron chi connectivity index (χ1n) is 9.87. The molecule has 0 heterocycles. The lowest BCUT2D eigenvalue weighted by Crippen LogP contribution is -2.26. The average Bonchev–Trinajstić information content (AvgIpc) is 2.79. The third-order valence-electron chi connectivity index (χ3n) is 4.86. The van der Waals surface area contributed by atoms with Gasteiger partial charge in [-0.25, -0.2) is 0 Å². The van der Waals surface area contributed by atoms with Crippen LogP contribution in [0.15, 0.2) is 66.7 Å². The molecule has 0 aliphatic carbocycles. The lowest BCUT2D eigenvalue weighted by Gasteiger charge is -2.18. The van der Waals surface area contributed by atoms with E-state index in [0.717, 1.165) is 16.8 Å². The van der Waals surface area contributed by atoms with Gasteiger partial charge >= 0.3 is 0 Å². The highest BCUT2D eigenvalue weighted by Crippen LogP contribution is 2.22. The number of benzene rings is 3. The van der Waals surface area contributed by atoms with Crippen molar-refractivity contribution in [3.8, 4) is 5.75 Å². The summed E-state index contributed by atoms with van der Waals surface area (Å²) in [5, 5.41) is 13.8. The Morgan fingerprint density at radius 3 is 2.41 bits per heavy atom. The third-order valence-corrected chi connectivity index (χ3v) is 4.86. The lowest BCUT2D eigenvalue weighted by molar-refractivity contribution is -0.384. The molecule has 0 saturated carbocycles. The molecule has 0 fully saturated rings. The first-order chi connectivity index (χ1) is 15.2. The Morgan fingerprint density at radius 2 is 1.75 bits per heavy atom. The van der Waals surface area contributed by atoms with Crippen molar-refractivity contribution in [1.82, 2.24) is 0 Å². The van der Waals surface area contributed by atoms with E-state index in [9.17, 15) is 19.7 Å². The van der Waals surface area contributed by atoms with Crippen LogP contribution in [0.4, 0.5) is 17.1 Å². The maximum atomic E-state index is 12.7. The van der Waals surface area contributed by atoms with E-state index < -0.39 is 4.92 Å². The summed E-state index contributed by atoms with van der Waals surface area (Å²) in [5.41, 5.74) is 3.47. The SMILES string of the molecule is Cc1ccc(NC(=O)COc2ccc(N(C)C(=O)c3cccc([N+](=O)[O-])c3)cc2)c(C)c1. The summed E-state index contributed by atoms with van der Waals surface area (Å²) >= 11 is 0. The number of anilines is 2. The number of carbonyl (C=O) groups is 2. The number of nitro benzene ring substituents is 1. The Balaban J connectivity index is 1.59. The molecule has 3 aromatic rings. The number of nitrogens with one attached hydrogen (secondary N) is 1. The van der Waals surface area contributed by atoms with Gasteiger partial charge in [0, 0.05) is 36.1 Å². The fraction of sp³-hybridized carbons (Fsp3) is 0.167. The normalized spacial score (nSPS) is 10.3. The van der Waals surface area contributed by atoms with Crippen LogP contribution in [0.1, 0.15) is 21.5 Å². The number of nitro groups is 1. The highest BCUT2D eigenvalue weighted by Gasteiger charge is 2.16. The summed E-state index contributed by atoms with van der Waals surface area (Å²) in [6.07, 6.45) is 0. The fourth-order valence-electron chi connectivity index (χ4n) is 3.12. The predicted octanol–water partition coefficient (Wildman–Crippen LogP) is 4.51. The van der Waals surface area contributed by atoms with Gasteiger partial charge in [-0.3, -0.25) is 19.7 Å². The van der Waals surface area contributed by atoms with E-state index in [1.165, 1.54) is 29.2 Å². The molecule has 0 aliphatic rings. The second kappa shape index (κ2) is 9.74. The molecule has 2 amide bonds. The summed E-state index contributed by atoms with van der Waals surface area (Å²) < 4.78 is 5.54. The summed E-state index contributed by atoms with van der Waals surface area (Å²) in [5.74, 6) is -0.185. The van der Waals surface area contributed by atoms with Crippen LogP contribution >= 0.6 is 0 Å². The first-order valence-corrected chi connectivity index (χ1v) is 9.87. The van der Waals surface area contributed by atoms with E-state index in [1.807, 2.05) is 32.0 Å². The molecular weight excluding hydrogens is 410 g/mol. The zero-order valence-electron chi connectivity index (χ0n) is 18.0. The van der Waals surface area contributed by atoms with Gasteiger partial charge in [0.15, 0.2) is 6.61 Å². The average molecular weight is 433 g/mol. The van der Waals surface area contributed by atoms with E-state index >= 15 is 0 Å². The Kier molecular flexibility index (Phi) is 6.84. The second-order valence-electron chi connectivity index (χ2n) is 7.32. The Hall–Kier alpha value is -4.20. The van der Waals surface area contributed by atoms with Crippen molar-refractivity contribution in [3.05, 3.63) is 93.5 Å². The standard InChI is InChI=1S/C24H23N3O5/c1-16-7-12-22(17(2)13-16)25-23(28)15-32-21-10-8-19(9-11-21)26(3)24(29)18-5-4-6-20(14-18)27(30)31/h4-14H,15H2,1-3H3,(H,25,28). The third kappa shape index (κ3) is 5.48. The topological polar surface area (TPSA) is 102 Å². The van der Waals surface area contributed by atoms with Crippen LogP contribution < -0.4 is 15.0 Å². The highest BCUT2D eigenvalue weighted by atomic mass is 16.6. The van der Waals surface area contributed by atoms with Crippen molar-refractivity contribution in [2.45, 2.75) is 13.8 Å². The fourth-order valence-corrected chi connectivity index (χ4v) is 3.12. The maximum Gasteiger partial charge on any atom is 0.270 e. The Labute approximate surface area is 185 Å². The van der Waals surface area contributed by atoms with Crippen LogP contribution in [0.25, 0.3) is 0 Å². The molecule has 0 unspecified atom stereocenters. The number of aryl methyl sites for hydroxylation is 2. The second-order valence-corrected chi connectivity index (χ2v) is 7.32. The molecule has 0 atom stereocenters. The number of nitrogens with zero attached hydrogens (tertiary/aromatic N) is 2. The summed E-state index contributed by atoms with van der Waals surface area (Å²) in [6.45, 7) is 3.75. The molecule has 0 bridgehead atoms. The van der Waals surface area contributed by atoms with Gasteiger partial charge < -0.3 is 15.0 Å². The van der Waals surface area contributed by atoms with Gasteiger partial charge in [-0.1, -0.05) is 23.8 Å². The monoisotopic (exact) mass is 433 g/mol. The number of non-ortho nitro benzene ring substituents is 1. The number of rotatable bonds is 7. The van der Waals surface area contributed by atoms with Crippen LogP contribution in [-0.2, 0) is 4.79 Å². The largest absolute Gasteiger partial charge is 0.484 e. The Morgan fingerprint density at radius 1 is 1.03 bits per heavy atom. The van der Waals surface area contributed by atoms with Crippen molar-refractivity contribution in [2.24, 2.45) is 0 Å². The van der Waals surface area contributed by atoms with E-state index in [2.05, 4.69) is 5.32 Å². The van der Waals surface area contributed by atoms with Crippen LogP contribution in [0.5, 0.6) is 5.75 Å². The number of hydrogen-bond donors (Lipinski definition) is 1. The van der Waals surface area contributed by atoms with E-state index in [-0.39, 0.29) is 29.7 Å². The predicted molar refractivity (Wildman–Crippen MR) is 122 cm³/mol. The minimum absolute atomic E-state index is 0.146. The van der Waals surface area contributed by atoms with Crippen molar-refractivity contribution in [2.75, 3.05) is 23.9 Å². The van der Waals surface area contributed by atoms with Gasteiger partial charge in [-0.05, 0) is 55.8 Å². The van der Waals surface area contributed by atoms with Gasteiger partial charge in [0.05, 0.1) is 4.92 Å². The van der Waals surface area contributed by atoms with Crippen LogP contribution in [0.2, 0.25) is 0 Å². The molecule has 0 saturated heterocycles. The quantitative estimate of drug-likeness (QED) is 0.436. The number of amides is 2. The molecule has 0 spiro atoms. The lowest BCUT2D eigenvalue weighted by atomic mass is 10.1. The zero-order chi connectivity index (χ0) is 23.3. The van der Waals surface area contributed by atoms with Gasteiger partial charge in [0.1, 0.15) is 5.75 Å². The molecule has 8 heteroatoms. The van der Waals surface area contributed by atoms with Crippen LogP contribution in [0, 0.1) is 24.0 Å². The summed E-state index contributed by atoms with van der Waals surface area (Å²) in [6, 6.07) is 18.0. The van der Waals surface area contributed by atoms with E-state index in [4.69, 9.17) is 4.74 Å². The molecule has 3 rings (SSSR count). The van der Waals surface area contributed by atoms with Gasteiger partial charge in [0.2, 0.25) is 0 Å². The van der Waals surface area contributed by atoms with Crippen molar-refractivity contribution in [3.63, 3.8) is 0 Å². The molecule has 0 radical (unpaired) electrons. The van der Waals surface area contributed by atoms with E-state index in [0.29, 0.717) is 11.4 Å². The number of ether oxygens (including phenoxy) is 1. The molecule has 164 valence electrons. The molecule has 0 aromatic heterocycles. The number of hydrogen-bond acceptors (Lipinski definition) is 5. The molecule has 0 aliphatic heterocycles. The molecule has 32 heavy (non-hydrogen) atoms. The smallest absolute Gasteiger partial charge is 0.270 e. The molecule has 1 N–H and O–H groups in total. The summed E-state index contributed by atoms with van der Waals surface area (Å²) in [4.78, 5) is 36.6. The number of carbonyl (C=O) groups excluding carboxylic acids is 2. The van der Waals surface area contributed by atoms with Crippen LogP contribution in [-0.4, -0.2) is 30.4 Å². The maximum absolute atomic E-state index is 12.7. The summed E-state index contributed by atoms with van der Waals surface area (Å²) in [7, 11) is 1.58. The van der Waals surface area contributed by atoms with Gasteiger partial charge in [-0.15, -0.1) is 0 Å². The highest BCUT2D eigenvalue weighted by molar-refractivity contribution is 6.06. The molecule has 8 nitrogen and oxygen atoms in total. The van der Waals surface area contributed by atoms with Gasteiger partial charge in [0.25, 0.3) is 17.5 Å². The van der Waals surface area contributed by atoms with Gasteiger partial charge in [-0.2, -0.15) is 0 Å². The van der Waals surface area contributed by atoms with E-state index in [1.54, 1.807) is 31.3 Å². The van der Waals surface area contributed by atoms with Crippen LogP contribution in [0.3, 0.4) is 0 Å². The van der Waals surface area contributed by atoms with Crippen molar-refractivity contribution < 1.29 is 19.2 Å². The molecular formula is C24H23N3O5. The zero-order valence-corrected chi connectivity index (χ0v) is 18.0.